The molecule has 3 aromatic carbocycles. The van der Waals surface area contributed by atoms with Gasteiger partial charge < -0.3 is 23.9 Å². The quantitative estimate of drug-likeness (QED) is 0.0621. The lowest BCUT2D eigenvalue weighted by Crippen LogP contribution is -2.54. The van der Waals surface area contributed by atoms with E-state index in [-0.39, 0.29) is 24.7 Å². The molecule has 10 heteroatoms. The number of ketones is 2. The Morgan fingerprint density at radius 1 is 0.848 bits per heavy atom. The monoisotopic (exact) mass is 629 g/mol. The SMILES string of the molecule is CCCCOC/C(=N\OC(=O)COC)C(=O)c1ccc(N(c2ccccc2)c2ccc(C(=O)C(C)(C)N3CCOCC3)cc2)cc1. The van der Waals surface area contributed by atoms with Crippen LogP contribution in [0, 0.1) is 0 Å². The third-order valence-electron chi connectivity index (χ3n) is 7.81. The van der Waals surface area contributed by atoms with Gasteiger partial charge in [-0.2, -0.15) is 0 Å². The fraction of sp³-hybridized carbons (Fsp3) is 0.389. The molecule has 1 heterocycles. The lowest BCUT2D eigenvalue weighted by atomic mass is 9.90. The normalized spacial score (nSPS) is 14.1. The number of morpholine rings is 1. The number of carbonyl (C=O) groups excluding carboxylic acids is 3. The molecule has 0 saturated carbocycles. The smallest absolute Gasteiger partial charge is 0.360 e. The highest BCUT2D eigenvalue weighted by Gasteiger charge is 2.36. The van der Waals surface area contributed by atoms with Gasteiger partial charge in [-0.3, -0.25) is 14.5 Å². The van der Waals surface area contributed by atoms with Gasteiger partial charge in [-0.25, -0.2) is 4.79 Å². The number of unbranched alkanes of at least 4 members (excludes halogenated alkanes) is 1. The highest BCUT2D eigenvalue weighted by molar-refractivity contribution is 6.46. The number of ether oxygens (including phenoxy) is 3. The third kappa shape index (κ3) is 8.95. The van der Waals surface area contributed by atoms with E-state index in [2.05, 4.69) is 10.1 Å². The van der Waals surface area contributed by atoms with Crippen molar-refractivity contribution in [2.24, 2.45) is 5.16 Å². The number of benzene rings is 3. The summed E-state index contributed by atoms with van der Waals surface area (Å²) in [4.78, 5) is 47.9. The molecular formula is C36H43N3O7. The van der Waals surface area contributed by atoms with E-state index < -0.39 is 17.3 Å². The molecular weight excluding hydrogens is 586 g/mol. The molecule has 0 unspecified atom stereocenters. The molecule has 4 rings (SSSR count). The molecule has 46 heavy (non-hydrogen) atoms. The minimum Gasteiger partial charge on any atom is -0.379 e. The van der Waals surface area contributed by atoms with Gasteiger partial charge in [-0.15, -0.1) is 0 Å². The number of carbonyl (C=O) groups is 3. The second-order valence-corrected chi connectivity index (χ2v) is 11.4. The van der Waals surface area contributed by atoms with Crippen molar-refractivity contribution in [2.75, 3.05) is 58.1 Å². The van der Waals surface area contributed by atoms with Gasteiger partial charge in [0, 0.05) is 55.0 Å². The number of anilines is 3. The molecule has 3 aromatic rings. The molecule has 0 atom stereocenters. The lowest BCUT2D eigenvalue weighted by molar-refractivity contribution is -0.147. The van der Waals surface area contributed by atoms with Gasteiger partial charge in [0.25, 0.3) is 0 Å². The maximum Gasteiger partial charge on any atom is 0.360 e. The van der Waals surface area contributed by atoms with E-state index in [9.17, 15) is 14.4 Å². The Kier molecular flexibility index (Phi) is 12.7. The van der Waals surface area contributed by atoms with Gasteiger partial charge in [0.15, 0.2) is 11.5 Å². The third-order valence-corrected chi connectivity index (χ3v) is 7.81. The van der Waals surface area contributed by atoms with Crippen molar-refractivity contribution < 1.29 is 33.4 Å². The summed E-state index contributed by atoms with van der Waals surface area (Å²) in [6.45, 7) is 8.72. The van der Waals surface area contributed by atoms with Crippen molar-refractivity contribution >= 4 is 40.3 Å². The first-order valence-corrected chi connectivity index (χ1v) is 15.6. The van der Waals surface area contributed by atoms with Gasteiger partial charge in [0.2, 0.25) is 5.78 Å². The molecule has 0 bridgehead atoms. The summed E-state index contributed by atoms with van der Waals surface area (Å²) in [5.41, 5.74) is 2.89. The number of nitrogens with zero attached hydrogens (tertiary/aromatic N) is 3. The van der Waals surface area contributed by atoms with Crippen molar-refractivity contribution in [1.82, 2.24) is 4.90 Å². The zero-order chi connectivity index (χ0) is 32.9. The highest BCUT2D eigenvalue weighted by atomic mass is 16.7. The average molecular weight is 630 g/mol. The number of para-hydroxylation sites is 1. The van der Waals surface area contributed by atoms with Crippen molar-refractivity contribution in [2.45, 2.75) is 39.2 Å². The minimum absolute atomic E-state index is 0.0199. The molecule has 0 aromatic heterocycles. The Labute approximate surface area is 270 Å². The second kappa shape index (κ2) is 16.9. The fourth-order valence-corrected chi connectivity index (χ4v) is 5.13. The summed E-state index contributed by atoms with van der Waals surface area (Å²) in [5.74, 6) is -1.07. The van der Waals surface area contributed by atoms with Crippen LogP contribution < -0.4 is 4.90 Å². The van der Waals surface area contributed by atoms with E-state index in [1.165, 1.54) is 7.11 Å². The summed E-state index contributed by atoms with van der Waals surface area (Å²) in [6.07, 6.45) is 1.77. The van der Waals surface area contributed by atoms with Crippen molar-refractivity contribution in [3.63, 3.8) is 0 Å². The molecule has 0 radical (unpaired) electrons. The van der Waals surface area contributed by atoms with Gasteiger partial charge in [-0.1, -0.05) is 36.7 Å². The first-order chi connectivity index (χ1) is 22.3. The van der Waals surface area contributed by atoms with E-state index in [1.807, 2.05) is 92.4 Å². The van der Waals surface area contributed by atoms with Gasteiger partial charge in [-0.05, 0) is 80.9 Å². The minimum atomic E-state index is -0.715. The van der Waals surface area contributed by atoms with Gasteiger partial charge in [0.05, 0.1) is 25.4 Å². The van der Waals surface area contributed by atoms with E-state index in [4.69, 9.17) is 19.0 Å². The summed E-state index contributed by atoms with van der Waals surface area (Å²) >= 11 is 0. The predicted molar refractivity (Wildman–Crippen MR) is 177 cm³/mol. The van der Waals surface area contributed by atoms with Crippen LogP contribution in [0.5, 0.6) is 0 Å². The maximum absolute atomic E-state index is 13.6. The van der Waals surface area contributed by atoms with E-state index >= 15 is 0 Å². The van der Waals surface area contributed by atoms with Crippen LogP contribution >= 0.6 is 0 Å². The zero-order valence-corrected chi connectivity index (χ0v) is 27.1. The van der Waals surface area contributed by atoms with Crippen molar-refractivity contribution in [1.29, 1.82) is 0 Å². The Hall–Kier alpha value is -4.22. The van der Waals surface area contributed by atoms with Crippen LogP contribution in [-0.4, -0.2) is 86.9 Å². The van der Waals surface area contributed by atoms with Crippen molar-refractivity contribution in [3.8, 4) is 0 Å². The molecule has 1 fully saturated rings. The maximum atomic E-state index is 13.6. The Balaban J connectivity index is 1.58. The molecule has 1 aliphatic rings. The Bertz CT molecular complexity index is 1470. The topological polar surface area (TPSA) is 107 Å². The first-order valence-electron chi connectivity index (χ1n) is 15.6. The molecule has 10 nitrogen and oxygen atoms in total. The highest BCUT2D eigenvalue weighted by Crippen LogP contribution is 2.35. The van der Waals surface area contributed by atoms with Crippen LogP contribution in [0.25, 0.3) is 0 Å². The second-order valence-electron chi connectivity index (χ2n) is 11.4. The zero-order valence-electron chi connectivity index (χ0n) is 27.1. The number of methoxy groups -OCH3 is 1. The number of hydrogen-bond donors (Lipinski definition) is 0. The molecule has 1 saturated heterocycles. The predicted octanol–water partition coefficient (Wildman–Crippen LogP) is 5.99. The van der Waals surface area contributed by atoms with E-state index in [1.54, 1.807) is 12.1 Å². The van der Waals surface area contributed by atoms with Gasteiger partial charge >= 0.3 is 5.97 Å². The molecule has 0 spiro atoms. The molecule has 244 valence electrons. The largest absolute Gasteiger partial charge is 0.379 e. The number of oxime groups is 1. The van der Waals surface area contributed by atoms with Crippen LogP contribution in [-0.2, 0) is 23.8 Å². The average Bonchev–Trinajstić information content (AvgIpc) is 3.09. The van der Waals surface area contributed by atoms with Crippen LogP contribution in [0.3, 0.4) is 0 Å². The number of Topliss-reactive ketones (excluding diaryl/α,β-unsaturated/α-hetero) is 2. The number of hydrogen-bond acceptors (Lipinski definition) is 10. The summed E-state index contributed by atoms with van der Waals surface area (Å²) in [6, 6.07) is 24.5. The molecule has 0 N–H and O–H groups in total. The summed E-state index contributed by atoms with van der Waals surface area (Å²) in [7, 11) is 1.37. The van der Waals surface area contributed by atoms with Gasteiger partial charge in [0.1, 0.15) is 6.61 Å². The van der Waals surface area contributed by atoms with Crippen LogP contribution in [0.2, 0.25) is 0 Å². The standard InChI is InChI=1S/C36H43N3O7/c1-5-6-22-45-25-32(37-46-33(40)26-43-4)34(41)27-12-16-30(17-13-27)39(29-10-8-7-9-11-29)31-18-14-28(15-19-31)35(42)36(2,3)38-20-23-44-24-21-38/h7-19H,5-6,20-26H2,1-4H3/b37-32+. The molecule has 0 aliphatic carbocycles. The molecule has 0 amide bonds. The first kappa shape index (κ1) is 34.6. The molecule has 1 aliphatic heterocycles. The van der Waals surface area contributed by atoms with E-state index in [0.717, 1.165) is 43.0 Å². The fourth-order valence-electron chi connectivity index (χ4n) is 5.13. The van der Waals surface area contributed by atoms with E-state index in [0.29, 0.717) is 30.9 Å². The Morgan fingerprint density at radius 2 is 1.43 bits per heavy atom. The summed E-state index contributed by atoms with van der Waals surface area (Å²) in [5, 5.41) is 3.80. The van der Waals surface area contributed by atoms with Crippen LogP contribution in [0.15, 0.2) is 84.0 Å². The lowest BCUT2D eigenvalue weighted by Gasteiger charge is -2.39. The van der Waals surface area contributed by atoms with Crippen LogP contribution in [0.4, 0.5) is 17.1 Å². The summed E-state index contributed by atoms with van der Waals surface area (Å²) < 4.78 is 15.9. The Morgan fingerprint density at radius 3 is 2.02 bits per heavy atom. The number of rotatable bonds is 16. The van der Waals surface area contributed by atoms with Crippen LogP contribution in [0.1, 0.15) is 54.3 Å². The van der Waals surface area contributed by atoms with Crippen molar-refractivity contribution in [3.05, 3.63) is 90.0 Å².